The van der Waals surface area contributed by atoms with E-state index in [9.17, 15) is 4.79 Å². The Kier molecular flexibility index (Phi) is 4.54. The van der Waals surface area contributed by atoms with Gasteiger partial charge in [0.2, 0.25) is 0 Å². The molecule has 0 heterocycles. The molecule has 0 N–H and O–H groups in total. The van der Waals surface area contributed by atoms with Gasteiger partial charge in [-0.25, -0.2) is 0 Å². The molecule has 0 aliphatic heterocycles. The Labute approximate surface area is 113 Å². The third-order valence-corrected chi connectivity index (χ3v) is 3.75. The lowest BCUT2D eigenvalue weighted by atomic mass is 9.87. The lowest BCUT2D eigenvalue weighted by molar-refractivity contribution is -0.125. The van der Waals surface area contributed by atoms with E-state index >= 15 is 0 Å². The monoisotopic (exact) mass is 296 g/mol. The lowest BCUT2D eigenvalue weighted by Gasteiger charge is -2.20. The van der Waals surface area contributed by atoms with E-state index in [1.165, 1.54) is 16.7 Å². The van der Waals surface area contributed by atoms with Crippen molar-refractivity contribution in [1.29, 1.82) is 0 Å². The van der Waals surface area contributed by atoms with Crippen LogP contribution in [0.5, 0.6) is 0 Å². The van der Waals surface area contributed by atoms with Crippen molar-refractivity contribution in [3.63, 3.8) is 0 Å². The summed E-state index contributed by atoms with van der Waals surface area (Å²) < 4.78 is 0. The van der Waals surface area contributed by atoms with Gasteiger partial charge < -0.3 is 0 Å². The second-order valence-corrected chi connectivity index (χ2v) is 6.81. The largest absolute Gasteiger partial charge is 0.298 e. The third-order valence-electron chi connectivity index (χ3n) is 3.01. The van der Waals surface area contributed by atoms with Crippen molar-refractivity contribution in [1.82, 2.24) is 0 Å². The van der Waals surface area contributed by atoms with Crippen LogP contribution >= 0.6 is 15.9 Å². The lowest BCUT2D eigenvalue weighted by Crippen LogP contribution is -2.30. The number of hydrogen-bond acceptors (Lipinski definition) is 1. The maximum Gasteiger partial charge on any atom is 0.152 e. The quantitative estimate of drug-likeness (QED) is 0.763. The Morgan fingerprint density at radius 2 is 1.82 bits per heavy atom. The van der Waals surface area contributed by atoms with Gasteiger partial charge in [-0.3, -0.25) is 4.79 Å². The normalized spacial score (nSPS) is 13.5. The van der Waals surface area contributed by atoms with Crippen LogP contribution in [0.25, 0.3) is 0 Å². The van der Waals surface area contributed by atoms with Crippen LogP contribution in [-0.2, 0) is 11.2 Å². The smallest absolute Gasteiger partial charge is 0.152 e. The van der Waals surface area contributed by atoms with Gasteiger partial charge >= 0.3 is 0 Å². The van der Waals surface area contributed by atoms with Crippen LogP contribution in [0.3, 0.4) is 0 Å². The number of rotatable bonds is 3. The molecule has 1 unspecified atom stereocenters. The molecule has 0 fully saturated rings. The molecule has 0 spiro atoms. The van der Waals surface area contributed by atoms with Crippen LogP contribution in [-0.4, -0.2) is 10.6 Å². The highest BCUT2D eigenvalue weighted by molar-refractivity contribution is 9.10. The fraction of sp³-hybridized carbons (Fsp3) is 0.533. The number of hydrogen-bond donors (Lipinski definition) is 0. The number of alkyl halides is 1. The molecule has 1 rings (SSSR count). The van der Waals surface area contributed by atoms with Gasteiger partial charge in [-0.1, -0.05) is 54.9 Å². The molecular weight excluding hydrogens is 276 g/mol. The van der Waals surface area contributed by atoms with Gasteiger partial charge in [0, 0.05) is 5.41 Å². The highest BCUT2D eigenvalue weighted by Crippen LogP contribution is 2.23. The van der Waals surface area contributed by atoms with Crippen molar-refractivity contribution in [2.45, 2.75) is 45.9 Å². The SMILES string of the molecule is Cc1ccc(CC(Br)C(=O)C(C)(C)C)cc1C. The summed E-state index contributed by atoms with van der Waals surface area (Å²) in [6, 6.07) is 6.39. The first-order valence-corrected chi connectivity index (χ1v) is 6.88. The molecule has 2 heteroatoms. The first-order chi connectivity index (χ1) is 7.71. The minimum absolute atomic E-state index is 0.0930. The fourth-order valence-electron chi connectivity index (χ4n) is 1.70. The molecule has 94 valence electrons. The van der Waals surface area contributed by atoms with Crippen molar-refractivity contribution in [3.05, 3.63) is 34.9 Å². The van der Waals surface area contributed by atoms with Crippen LogP contribution in [0.4, 0.5) is 0 Å². The summed E-state index contributed by atoms with van der Waals surface area (Å²) in [5, 5.41) is 0. The van der Waals surface area contributed by atoms with Crippen LogP contribution in [0.2, 0.25) is 0 Å². The first-order valence-electron chi connectivity index (χ1n) is 5.96. The summed E-state index contributed by atoms with van der Waals surface area (Å²) in [6.07, 6.45) is 0.761. The van der Waals surface area contributed by atoms with Gasteiger partial charge in [0.15, 0.2) is 5.78 Å². The summed E-state index contributed by atoms with van der Waals surface area (Å²) >= 11 is 3.51. The molecule has 1 atom stereocenters. The third kappa shape index (κ3) is 3.95. The second-order valence-electron chi connectivity index (χ2n) is 5.70. The van der Waals surface area contributed by atoms with Gasteiger partial charge in [0.05, 0.1) is 4.83 Å². The summed E-state index contributed by atoms with van der Waals surface area (Å²) in [5.41, 5.74) is 3.51. The molecule has 0 saturated carbocycles. The van der Waals surface area contributed by atoms with Crippen LogP contribution in [0.15, 0.2) is 18.2 Å². The Balaban J connectivity index is 2.78. The molecule has 1 aromatic rings. The Hall–Kier alpha value is -0.630. The van der Waals surface area contributed by atoms with Crippen molar-refractivity contribution in [2.75, 3.05) is 0 Å². The van der Waals surface area contributed by atoms with E-state index in [1.807, 2.05) is 20.8 Å². The van der Waals surface area contributed by atoms with E-state index in [0.717, 1.165) is 6.42 Å². The highest BCUT2D eigenvalue weighted by Gasteiger charge is 2.27. The first kappa shape index (κ1) is 14.4. The van der Waals surface area contributed by atoms with Gasteiger partial charge in [-0.2, -0.15) is 0 Å². The molecule has 0 bridgehead atoms. The number of benzene rings is 1. The van der Waals surface area contributed by atoms with Gasteiger partial charge in [-0.05, 0) is 37.0 Å². The number of carbonyl (C=O) groups is 1. The molecule has 0 saturated heterocycles. The van der Waals surface area contributed by atoms with E-state index in [2.05, 4.69) is 48.0 Å². The summed E-state index contributed by atoms with van der Waals surface area (Å²) in [7, 11) is 0. The average molecular weight is 297 g/mol. The number of halogens is 1. The van der Waals surface area contributed by atoms with Crippen molar-refractivity contribution >= 4 is 21.7 Å². The predicted molar refractivity (Wildman–Crippen MR) is 76.8 cm³/mol. The van der Waals surface area contributed by atoms with Crippen LogP contribution in [0, 0.1) is 19.3 Å². The number of carbonyl (C=O) groups excluding carboxylic acids is 1. The van der Waals surface area contributed by atoms with Crippen LogP contribution in [0.1, 0.15) is 37.5 Å². The number of aryl methyl sites for hydroxylation is 2. The minimum Gasteiger partial charge on any atom is -0.298 e. The standard InChI is InChI=1S/C15H21BrO/c1-10-6-7-12(8-11(10)2)9-13(16)14(17)15(3,4)5/h6-8,13H,9H2,1-5H3. The van der Waals surface area contributed by atoms with E-state index in [1.54, 1.807) is 0 Å². The predicted octanol–water partition coefficient (Wildman–Crippen LogP) is 4.22. The molecule has 1 nitrogen and oxygen atoms in total. The topological polar surface area (TPSA) is 17.1 Å². The summed E-state index contributed by atoms with van der Waals surface area (Å²) in [6.45, 7) is 10.1. The fourth-order valence-corrected chi connectivity index (χ4v) is 2.76. The summed E-state index contributed by atoms with van der Waals surface area (Å²) in [4.78, 5) is 12.0. The van der Waals surface area contributed by atoms with Gasteiger partial charge in [-0.15, -0.1) is 0 Å². The molecule has 0 aliphatic carbocycles. The Bertz CT molecular complexity index is 415. The van der Waals surface area contributed by atoms with Crippen LogP contribution < -0.4 is 0 Å². The van der Waals surface area contributed by atoms with Crippen molar-refractivity contribution in [2.24, 2.45) is 5.41 Å². The van der Waals surface area contributed by atoms with Gasteiger partial charge in [0.25, 0.3) is 0 Å². The molecule has 1 aromatic carbocycles. The molecule has 0 radical (unpaired) electrons. The Morgan fingerprint density at radius 3 is 2.29 bits per heavy atom. The number of Topliss-reactive ketones (excluding diaryl/α,β-unsaturated/α-hetero) is 1. The summed E-state index contributed by atoms with van der Waals surface area (Å²) in [5.74, 6) is 0.260. The van der Waals surface area contributed by atoms with Gasteiger partial charge in [0.1, 0.15) is 0 Å². The molecule has 0 aromatic heterocycles. The van der Waals surface area contributed by atoms with Crippen molar-refractivity contribution in [3.8, 4) is 0 Å². The average Bonchev–Trinajstić information content (AvgIpc) is 2.21. The molecule has 17 heavy (non-hydrogen) atoms. The van der Waals surface area contributed by atoms with E-state index in [4.69, 9.17) is 0 Å². The van der Waals surface area contributed by atoms with E-state index in [0.29, 0.717) is 0 Å². The van der Waals surface area contributed by atoms with E-state index in [-0.39, 0.29) is 16.0 Å². The minimum atomic E-state index is -0.284. The Morgan fingerprint density at radius 1 is 1.24 bits per heavy atom. The molecular formula is C15H21BrO. The number of ketones is 1. The maximum atomic E-state index is 12.1. The van der Waals surface area contributed by atoms with E-state index < -0.39 is 0 Å². The molecule has 0 amide bonds. The molecule has 0 aliphatic rings. The zero-order valence-electron chi connectivity index (χ0n) is 11.3. The highest BCUT2D eigenvalue weighted by atomic mass is 79.9. The zero-order chi connectivity index (χ0) is 13.2. The zero-order valence-corrected chi connectivity index (χ0v) is 12.9. The second kappa shape index (κ2) is 5.34. The maximum absolute atomic E-state index is 12.1. The van der Waals surface area contributed by atoms with Crippen molar-refractivity contribution < 1.29 is 4.79 Å².